The minimum absolute atomic E-state index is 0.0738. The predicted octanol–water partition coefficient (Wildman–Crippen LogP) is 2.84. The number of nitro groups is 1. The quantitative estimate of drug-likeness (QED) is 0.472. The van der Waals surface area contributed by atoms with Gasteiger partial charge in [0.1, 0.15) is 11.3 Å². The fourth-order valence-electron chi connectivity index (χ4n) is 3.08. The molecule has 8 heteroatoms. The average Bonchev–Trinajstić information content (AvgIpc) is 2.62. The smallest absolute Gasteiger partial charge is 0.342 e. The first-order valence-corrected chi connectivity index (χ1v) is 8.67. The number of carbonyl (C=O) groups excluding carboxylic acids is 2. The minimum atomic E-state index is -1.01. The number of methoxy groups -OCH3 is 1. The fraction of sp³-hybridized carbons (Fsp3) is 0.556. The number of nitrogens with zero attached hydrogens (tertiary/aromatic N) is 1. The third kappa shape index (κ3) is 4.71. The van der Waals surface area contributed by atoms with E-state index in [2.05, 4.69) is 12.2 Å². The molecule has 2 rings (SSSR count). The van der Waals surface area contributed by atoms with Crippen LogP contribution in [0.15, 0.2) is 18.2 Å². The Morgan fingerprint density at radius 1 is 1.31 bits per heavy atom. The largest absolute Gasteiger partial charge is 0.496 e. The van der Waals surface area contributed by atoms with Gasteiger partial charge in [-0.15, -0.1) is 0 Å². The minimum Gasteiger partial charge on any atom is -0.496 e. The van der Waals surface area contributed by atoms with Gasteiger partial charge in [0, 0.05) is 18.2 Å². The number of rotatable bonds is 6. The third-order valence-electron chi connectivity index (χ3n) is 4.71. The van der Waals surface area contributed by atoms with Crippen molar-refractivity contribution in [3.05, 3.63) is 33.9 Å². The lowest BCUT2D eigenvalue weighted by Crippen LogP contribution is -2.46. The maximum absolute atomic E-state index is 12.4. The zero-order valence-corrected chi connectivity index (χ0v) is 15.2. The number of ether oxygens (including phenoxy) is 2. The molecule has 0 saturated heterocycles. The summed E-state index contributed by atoms with van der Waals surface area (Å²) in [5, 5.41) is 13.8. The topological polar surface area (TPSA) is 108 Å². The molecule has 1 aromatic carbocycles. The lowest BCUT2D eigenvalue weighted by atomic mass is 9.86. The molecule has 3 atom stereocenters. The van der Waals surface area contributed by atoms with E-state index in [-0.39, 0.29) is 28.9 Å². The van der Waals surface area contributed by atoms with Crippen LogP contribution in [0.25, 0.3) is 0 Å². The molecule has 0 bridgehead atoms. The Bertz CT molecular complexity index is 690. The van der Waals surface area contributed by atoms with Gasteiger partial charge in [-0.3, -0.25) is 14.9 Å². The van der Waals surface area contributed by atoms with E-state index in [0.717, 1.165) is 31.7 Å². The number of nitro benzene ring substituents is 1. The predicted molar refractivity (Wildman–Crippen MR) is 94.1 cm³/mol. The first-order chi connectivity index (χ1) is 12.3. The number of esters is 1. The van der Waals surface area contributed by atoms with Crippen LogP contribution >= 0.6 is 0 Å². The zero-order chi connectivity index (χ0) is 19.3. The van der Waals surface area contributed by atoms with Gasteiger partial charge in [0.25, 0.3) is 11.6 Å². The van der Waals surface area contributed by atoms with Crippen molar-refractivity contribution in [2.75, 3.05) is 7.11 Å². The second-order valence-electron chi connectivity index (χ2n) is 6.57. The van der Waals surface area contributed by atoms with Crippen LogP contribution in [-0.2, 0) is 9.53 Å². The highest BCUT2D eigenvalue weighted by Gasteiger charge is 2.27. The highest BCUT2D eigenvalue weighted by atomic mass is 16.6. The van der Waals surface area contributed by atoms with Crippen molar-refractivity contribution in [1.29, 1.82) is 0 Å². The standard InChI is InChI=1S/C18H24N2O6/c1-11-6-4-5-7-15(11)19-17(21)12(2)26-18(22)14-10-13(20(23)24)8-9-16(14)25-3/h8-12,15H,4-7H2,1-3H3,(H,19,21)/t11-,12+,15+/m0/s1. The molecule has 1 aromatic rings. The third-order valence-corrected chi connectivity index (χ3v) is 4.71. The number of hydrogen-bond acceptors (Lipinski definition) is 6. The van der Waals surface area contributed by atoms with Crippen LogP contribution in [0.1, 0.15) is 49.9 Å². The Kier molecular flexibility index (Phi) is 6.54. The molecule has 0 aliphatic heterocycles. The summed E-state index contributed by atoms with van der Waals surface area (Å²) in [6.45, 7) is 3.57. The van der Waals surface area contributed by atoms with E-state index in [1.54, 1.807) is 0 Å². The molecule has 1 saturated carbocycles. The summed E-state index contributed by atoms with van der Waals surface area (Å²) in [5.41, 5.74) is -0.349. The van der Waals surface area contributed by atoms with Gasteiger partial charge >= 0.3 is 5.97 Å². The van der Waals surface area contributed by atoms with Gasteiger partial charge in [0.05, 0.1) is 12.0 Å². The fourth-order valence-corrected chi connectivity index (χ4v) is 3.08. The maximum atomic E-state index is 12.4. The summed E-state index contributed by atoms with van der Waals surface area (Å²) < 4.78 is 10.3. The molecule has 1 aliphatic carbocycles. The van der Waals surface area contributed by atoms with E-state index in [9.17, 15) is 19.7 Å². The molecular weight excluding hydrogens is 340 g/mol. The number of benzene rings is 1. The van der Waals surface area contributed by atoms with Crippen molar-refractivity contribution in [2.24, 2.45) is 5.92 Å². The van der Waals surface area contributed by atoms with Gasteiger partial charge in [-0.1, -0.05) is 19.8 Å². The second-order valence-corrected chi connectivity index (χ2v) is 6.57. The van der Waals surface area contributed by atoms with Crippen molar-refractivity contribution in [2.45, 2.75) is 51.7 Å². The van der Waals surface area contributed by atoms with Crippen molar-refractivity contribution < 1.29 is 24.0 Å². The molecule has 8 nitrogen and oxygen atoms in total. The summed E-state index contributed by atoms with van der Waals surface area (Å²) in [7, 11) is 1.35. The normalized spacial score (nSPS) is 20.7. The Morgan fingerprint density at radius 2 is 2.00 bits per heavy atom. The van der Waals surface area contributed by atoms with Gasteiger partial charge in [-0.2, -0.15) is 0 Å². The number of amides is 1. The molecule has 1 fully saturated rings. The number of nitrogens with one attached hydrogen (secondary N) is 1. The van der Waals surface area contributed by atoms with Gasteiger partial charge in [-0.25, -0.2) is 4.79 Å². The molecule has 26 heavy (non-hydrogen) atoms. The molecule has 0 unspecified atom stereocenters. The number of non-ortho nitro benzene ring substituents is 1. The maximum Gasteiger partial charge on any atom is 0.342 e. The summed E-state index contributed by atoms with van der Waals surface area (Å²) in [6.07, 6.45) is 3.18. The van der Waals surface area contributed by atoms with Crippen LogP contribution in [-0.4, -0.2) is 36.1 Å². The Hall–Kier alpha value is -2.64. The number of carbonyl (C=O) groups is 2. The van der Waals surface area contributed by atoms with Crippen molar-refractivity contribution >= 4 is 17.6 Å². The highest BCUT2D eigenvalue weighted by molar-refractivity contribution is 5.95. The van der Waals surface area contributed by atoms with Gasteiger partial charge in [-0.05, 0) is 31.7 Å². The van der Waals surface area contributed by atoms with Crippen LogP contribution in [0, 0.1) is 16.0 Å². The van der Waals surface area contributed by atoms with Crippen LogP contribution < -0.4 is 10.1 Å². The van der Waals surface area contributed by atoms with Gasteiger partial charge in [0.15, 0.2) is 6.10 Å². The molecule has 0 heterocycles. The average molecular weight is 364 g/mol. The van der Waals surface area contributed by atoms with Crippen molar-refractivity contribution in [3.63, 3.8) is 0 Å². The monoisotopic (exact) mass is 364 g/mol. The SMILES string of the molecule is COc1ccc([N+](=O)[O-])cc1C(=O)O[C@H](C)C(=O)N[C@@H]1CCCC[C@@H]1C. The highest BCUT2D eigenvalue weighted by Crippen LogP contribution is 2.26. The Labute approximate surface area is 152 Å². The molecular formula is C18H24N2O6. The van der Waals surface area contributed by atoms with Crippen LogP contribution in [0.4, 0.5) is 5.69 Å². The van der Waals surface area contributed by atoms with Crippen LogP contribution in [0.2, 0.25) is 0 Å². The van der Waals surface area contributed by atoms with Crippen LogP contribution in [0.5, 0.6) is 5.75 Å². The Balaban J connectivity index is 2.05. The van der Waals surface area contributed by atoms with E-state index >= 15 is 0 Å². The summed E-state index contributed by atoms with van der Waals surface area (Å²) >= 11 is 0. The molecule has 1 amide bonds. The lowest BCUT2D eigenvalue weighted by molar-refractivity contribution is -0.384. The lowest BCUT2D eigenvalue weighted by Gasteiger charge is -2.30. The molecule has 1 N–H and O–H groups in total. The molecule has 0 aromatic heterocycles. The number of hydrogen-bond donors (Lipinski definition) is 1. The molecule has 0 radical (unpaired) electrons. The molecule has 1 aliphatic rings. The molecule has 0 spiro atoms. The van der Waals surface area contributed by atoms with Crippen molar-refractivity contribution in [3.8, 4) is 5.75 Å². The molecule has 142 valence electrons. The second kappa shape index (κ2) is 8.64. The summed E-state index contributed by atoms with van der Waals surface area (Å²) in [6, 6.07) is 3.71. The van der Waals surface area contributed by atoms with Crippen LogP contribution in [0.3, 0.4) is 0 Å². The van der Waals surface area contributed by atoms with E-state index in [1.165, 1.54) is 26.2 Å². The summed E-state index contributed by atoms with van der Waals surface area (Å²) in [5.74, 6) is -0.687. The van der Waals surface area contributed by atoms with Gasteiger partial charge in [0.2, 0.25) is 0 Å². The van der Waals surface area contributed by atoms with Crippen molar-refractivity contribution in [1.82, 2.24) is 5.32 Å². The van der Waals surface area contributed by atoms with E-state index in [4.69, 9.17) is 9.47 Å². The first-order valence-electron chi connectivity index (χ1n) is 8.67. The zero-order valence-electron chi connectivity index (χ0n) is 15.2. The Morgan fingerprint density at radius 3 is 2.62 bits per heavy atom. The summed E-state index contributed by atoms with van der Waals surface area (Å²) in [4.78, 5) is 35.0. The first kappa shape index (κ1) is 19.7. The van der Waals surface area contributed by atoms with Gasteiger partial charge < -0.3 is 14.8 Å². The van der Waals surface area contributed by atoms with E-state index < -0.39 is 17.0 Å². The van der Waals surface area contributed by atoms with E-state index in [0.29, 0.717) is 5.92 Å². The van der Waals surface area contributed by atoms with E-state index in [1.807, 2.05) is 0 Å².